The van der Waals surface area contributed by atoms with E-state index in [0.717, 1.165) is 6.42 Å². The van der Waals surface area contributed by atoms with E-state index in [-0.39, 0.29) is 10.5 Å². The van der Waals surface area contributed by atoms with E-state index in [0.29, 0.717) is 0 Å². The van der Waals surface area contributed by atoms with E-state index in [1.165, 1.54) is 10.4 Å². The van der Waals surface area contributed by atoms with Crippen molar-refractivity contribution in [1.29, 1.82) is 0 Å². The van der Waals surface area contributed by atoms with Crippen LogP contribution in [0.4, 0.5) is 0 Å². The number of rotatable bonds is 6. The Hall–Kier alpha value is -1.38. The fourth-order valence-corrected chi connectivity index (χ4v) is 7.53. The van der Waals surface area contributed by atoms with E-state index >= 15 is 0 Å². The Balaban J connectivity index is 2.62. The van der Waals surface area contributed by atoms with Crippen LogP contribution in [-0.2, 0) is 4.43 Å². The largest absolute Gasteiger partial charge is 0.401 e. The van der Waals surface area contributed by atoms with Gasteiger partial charge in [0.2, 0.25) is 0 Å². The Morgan fingerprint density at radius 3 is 1.54 bits per heavy atom. The second kappa shape index (κ2) is 7.24. The predicted octanol–water partition coefficient (Wildman–Crippen LogP) is 5.16. The zero-order valence-corrected chi connectivity index (χ0v) is 17.0. The second-order valence-electron chi connectivity index (χ2n) is 8.24. The van der Waals surface area contributed by atoms with E-state index in [9.17, 15) is 0 Å². The van der Waals surface area contributed by atoms with Gasteiger partial charge in [0.25, 0.3) is 8.32 Å². The van der Waals surface area contributed by atoms with Gasteiger partial charge in [-0.3, -0.25) is 0 Å². The fourth-order valence-electron chi connectivity index (χ4n) is 3.02. The number of hydrogen-bond donors (Lipinski definition) is 0. The Bertz CT molecular complexity index is 587. The first-order chi connectivity index (χ1) is 11.2. The molecule has 0 aromatic heterocycles. The monoisotopic (exact) mass is 339 g/mol. The standard InChI is InChI=1S/C22H31OSi/c1-7-22(5,6)18-23-24(21(2,3)4,19-14-10-8-11-15-19)20-16-12-9-13-17-20/h8-18H,7H2,1-6H3. The van der Waals surface area contributed by atoms with Crippen molar-refractivity contribution in [2.45, 2.75) is 53.0 Å². The van der Waals surface area contributed by atoms with Crippen LogP contribution in [-0.4, -0.2) is 8.32 Å². The molecule has 1 nitrogen and oxygen atoms in total. The third kappa shape index (κ3) is 3.81. The third-order valence-electron chi connectivity index (χ3n) is 4.88. The van der Waals surface area contributed by atoms with Gasteiger partial charge in [0.1, 0.15) is 0 Å². The quantitative estimate of drug-likeness (QED) is 0.660. The zero-order chi connectivity index (χ0) is 17.8. The van der Waals surface area contributed by atoms with E-state index in [2.05, 4.69) is 109 Å². The maximum atomic E-state index is 6.84. The molecule has 0 aliphatic rings. The molecule has 0 heterocycles. The van der Waals surface area contributed by atoms with Crippen molar-refractivity contribution < 1.29 is 4.43 Å². The topological polar surface area (TPSA) is 9.23 Å². The van der Waals surface area contributed by atoms with E-state index < -0.39 is 8.32 Å². The lowest BCUT2D eigenvalue weighted by molar-refractivity contribution is 0.242. The molecule has 0 atom stereocenters. The van der Waals surface area contributed by atoms with Crippen LogP contribution in [0.5, 0.6) is 0 Å². The van der Waals surface area contributed by atoms with Gasteiger partial charge in [0.15, 0.2) is 0 Å². The molecule has 2 heteroatoms. The first kappa shape index (κ1) is 18.9. The van der Waals surface area contributed by atoms with E-state index in [1.807, 2.05) is 0 Å². The smallest absolute Gasteiger partial charge is 0.261 e. The summed E-state index contributed by atoms with van der Waals surface area (Å²) >= 11 is 0. The lowest BCUT2D eigenvalue weighted by atomic mass is 9.92. The highest BCUT2D eigenvalue weighted by Gasteiger charge is 2.50. The van der Waals surface area contributed by atoms with E-state index in [1.54, 1.807) is 0 Å². The van der Waals surface area contributed by atoms with Crippen LogP contribution in [0.15, 0.2) is 60.7 Å². The first-order valence-corrected chi connectivity index (χ1v) is 10.8. The van der Waals surface area contributed by atoms with Gasteiger partial charge in [0.05, 0.1) is 6.61 Å². The van der Waals surface area contributed by atoms with Crippen LogP contribution in [0, 0.1) is 12.0 Å². The van der Waals surface area contributed by atoms with Crippen LogP contribution in [0.2, 0.25) is 5.04 Å². The summed E-state index contributed by atoms with van der Waals surface area (Å²) in [5.74, 6) is 0. The molecule has 0 spiro atoms. The second-order valence-corrected chi connectivity index (χ2v) is 12.5. The minimum absolute atomic E-state index is 0.0238. The molecule has 0 N–H and O–H groups in total. The minimum atomic E-state index is -2.43. The molecule has 0 unspecified atom stereocenters. The van der Waals surface area contributed by atoms with Crippen molar-refractivity contribution in [3.63, 3.8) is 0 Å². The predicted molar refractivity (Wildman–Crippen MR) is 107 cm³/mol. The highest BCUT2D eigenvalue weighted by molar-refractivity contribution is 6.99. The molecule has 2 aromatic carbocycles. The molecule has 0 aliphatic carbocycles. The van der Waals surface area contributed by atoms with Crippen LogP contribution >= 0.6 is 0 Å². The third-order valence-corrected chi connectivity index (χ3v) is 9.76. The minimum Gasteiger partial charge on any atom is -0.401 e. The molecular weight excluding hydrogens is 308 g/mol. The highest BCUT2D eigenvalue weighted by Crippen LogP contribution is 2.39. The lowest BCUT2D eigenvalue weighted by Crippen LogP contribution is -2.66. The molecular formula is C22H31OSi. The van der Waals surface area contributed by atoms with Gasteiger partial charge in [-0.2, -0.15) is 0 Å². The summed E-state index contributed by atoms with van der Waals surface area (Å²) in [7, 11) is -2.43. The SMILES string of the molecule is CCC(C)(C)[CH]O[Si](c1ccccc1)(c1ccccc1)C(C)(C)C. The molecule has 0 amide bonds. The summed E-state index contributed by atoms with van der Waals surface area (Å²) in [6.45, 7) is 15.7. The molecule has 2 rings (SSSR count). The maximum Gasteiger partial charge on any atom is 0.261 e. The molecule has 0 fully saturated rings. The summed E-state index contributed by atoms with van der Waals surface area (Å²) in [5.41, 5.74) is 0.0626. The van der Waals surface area contributed by atoms with Gasteiger partial charge >= 0.3 is 0 Å². The highest BCUT2D eigenvalue weighted by atomic mass is 28.4. The lowest BCUT2D eigenvalue weighted by Gasteiger charge is -2.44. The van der Waals surface area contributed by atoms with Crippen molar-refractivity contribution in [3.8, 4) is 0 Å². The van der Waals surface area contributed by atoms with Crippen molar-refractivity contribution in [3.05, 3.63) is 67.3 Å². The molecule has 2 aromatic rings. The summed E-state index contributed by atoms with van der Waals surface area (Å²) in [6.07, 6.45) is 1.06. The first-order valence-electron chi connectivity index (χ1n) is 8.86. The molecule has 0 bridgehead atoms. The Morgan fingerprint density at radius 1 is 0.792 bits per heavy atom. The summed E-state index contributed by atoms with van der Waals surface area (Å²) in [6, 6.07) is 21.6. The fraction of sp³-hybridized carbons (Fsp3) is 0.409. The van der Waals surface area contributed by atoms with Crippen molar-refractivity contribution >= 4 is 18.7 Å². The van der Waals surface area contributed by atoms with Crippen LogP contribution in [0.3, 0.4) is 0 Å². The van der Waals surface area contributed by atoms with Crippen LogP contribution in [0.1, 0.15) is 48.0 Å². The molecule has 1 radical (unpaired) electrons. The van der Waals surface area contributed by atoms with Crippen molar-refractivity contribution in [2.75, 3.05) is 0 Å². The average molecular weight is 340 g/mol. The number of benzene rings is 2. The van der Waals surface area contributed by atoms with Gasteiger partial charge < -0.3 is 4.43 Å². The van der Waals surface area contributed by atoms with Gasteiger partial charge in [-0.15, -0.1) is 0 Å². The molecule has 24 heavy (non-hydrogen) atoms. The number of hydrogen-bond acceptors (Lipinski definition) is 1. The Morgan fingerprint density at radius 2 is 1.21 bits per heavy atom. The molecule has 0 saturated heterocycles. The summed E-state index contributed by atoms with van der Waals surface area (Å²) < 4.78 is 6.84. The normalized spacial score (nSPS) is 13.1. The molecule has 129 valence electrons. The van der Waals surface area contributed by atoms with Gasteiger partial charge in [-0.1, -0.05) is 102 Å². The Kier molecular flexibility index (Phi) is 5.72. The Labute approximate surface area is 149 Å². The maximum absolute atomic E-state index is 6.84. The summed E-state index contributed by atoms with van der Waals surface area (Å²) in [5, 5.41) is 2.68. The molecule has 0 saturated carbocycles. The zero-order valence-electron chi connectivity index (χ0n) is 16.0. The van der Waals surface area contributed by atoms with Crippen LogP contribution in [0.25, 0.3) is 0 Å². The van der Waals surface area contributed by atoms with Crippen molar-refractivity contribution in [2.24, 2.45) is 5.41 Å². The van der Waals surface area contributed by atoms with Gasteiger partial charge in [0, 0.05) is 0 Å². The van der Waals surface area contributed by atoms with Gasteiger partial charge in [-0.05, 0) is 27.2 Å². The average Bonchev–Trinajstić information content (AvgIpc) is 2.56. The van der Waals surface area contributed by atoms with E-state index in [4.69, 9.17) is 4.43 Å². The summed E-state index contributed by atoms with van der Waals surface area (Å²) in [4.78, 5) is 0. The van der Waals surface area contributed by atoms with Crippen molar-refractivity contribution in [1.82, 2.24) is 0 Å². The van der Waals surface area contributed by atoms with Gasteiger partial charge in [-0.25, -0.2) is 0 Å². The molecule has 0 aliphatic heterocycles. The van der Waals surface area contributed by atoms with Crippen LogP contribution < -0.4 is 10.4 Å².